The van der Waals surface area contributed by atoms with Crippen molar-refractivity contribution in [1.82, 2.24) is 24.8 Å². The number of aryl methyl sites for hydroxylation is 2. The van der Waals surface area contributed by atoms with E-state index in [1.807, 2.05) is 4.57 Å². The van der Waals surface area contributed by atoms with Crippen LogP contribution in [0.15, 0.2) is 42.6 Å². The van der Waals surface area contributed by atoms with Gasteiger partial charge >= 0.3 is 0 Å². The van der Waals surface area contributed by atoms with Gasteiger partial charge in [0.15, 0.2) is 17.3 Å². The van der Waals surface area contributed by atoms with Crippen molar-refractivity contribution in [1.29, 1.82) is 0 Å². The summed E-state index contributed by atoms with van der Waals surface area (Å²) >= 11 is 6.35. The highest BCUT2D eigenvalue weighted by Crippen LogP contribution is 2.33. The molecular weight excluding hydrogens is 451 g/mol. The van der Waals surface area contributed by atoms with E-state index in [4.69, 9.17) is 11.6 Å². The van der Waals surface area contributed by atoms with Gasteiger partial charge < -0.3 is 9.88 Å². The summed E-state index contributed by atoms with van der Waals surface area (Å²) in [5, 5.41) is 3.61. The molecule has 1 fully saturated rings. The molecule has 33 heavy (non-hydrogen) atoms. The fourth-order valence-electron chi connectivity index (χ4n) is 4.27. The molecule has 0 bridgehead atoms. The number of benzene rings is 2. The zero-order valence-electron chi connectivity index (χ0n) is 17.7. The first-order valence-corrected chi connectivity index (χ1v) is 11.2. The zero-order valence-corrected chi connectivity index (χ0v) is 18.4. The van der Waals surface area contributed by atoms with Gasteiger partial charge in [0.2, 0.25) is 0 Å². The van der Waals surface area contributed by atoms with Gasteiger partial charge in [-0.3, -0.25) is 0 Å². The smallest absolute Gasteiger partial charge is 0.164 e. The molecule has 1 aliphatic rings. The number of imidazole rings is 1. The third-order valence-electron chi connectivity index (χ3n) is 5.98. The number of hydrogen-bond donors (Lipinski definition) is 1. The summed E-state index contributed by atoms with van der Waals surface area (Å²) in [5.74, 6) is -0.970. The van der Waals surface area contributed by atoms with Crippen LogP contribution in [0.1, 0.15) is 17.8 Å². The first kappa shape index (κ1) is 21.9. The van der Waals surface area contributed by atoms with Crippen molar-refractivity contribution in [3.05, 3.63) is 76.5 Å². The predicted molar refractivity (Wildman–Crippen MR) is 120 cm³/mol. The van der Waals surface area contributed by atoms with Crippen LogP contribution in [0, 0.1) is 23.4 Å². The van der Waals surface area contributed by atoms with E-state index < -0.39 is 17.5 Å². The van der Waals surface area contributed by atoms with Gasteiger partial charge in [-0.2, -0.15) is 0 Å². The minimum absolute atomic E-state index is 0.228. The highest BCUT2D eigenvalue weighted by atomic mass is 35.5. The second-order valence-corrected chi connectivity index (χ2v) is 8.62. The van der Waals surface area contributed by atoms with Crippen LogP contribution in [-0.4, -0.2) is 32.6 Å². The first-order valence-electron chi connectivity index (χ1n) is 10.8. The van der Waals surface area contributed by atoms with Gasteiger partial charge in [-0.1, -0.05) is 29.8 Å². The maximum atomic E-state index is 14.8. The van der Waals surface area contributed by atoms with Crippen LogP contribution < -0.4 is 5.32 Å². The summed E-state index contributed by atoms with van der Waals surface area (Å²) in [7, 11) is 0. The fraction of sp³-hybridized carbons (Fsp3) is 0.292. The molecule has 0 radical (unpaired) electrons. The van der Waals surface area contributed by atoms with E-state index in [0.29, 0.717) is 41.7 Å². The molecule has 5 rings (SSSR count). The van der Waals surface area contributed by atoms with E-state index in [1.165, 1.54) is 12.1 Å². The molecule has 5 nitrogen and oxygen atoms in total. The highest BCUT2D eigenvalue weighted by Gasteiger charge is 2.24. The van der Waals surface area contributed by atoms with Crippen molar-refractivity contribution in [3.63, 3.8) is 0 Å². The van der Waals surface area contributed by atoms with Crippen LogP contribution >= 0.6 is 11.6 Å². The second-order valence-electron chi connectivity index (χ2n) is 8.21. The van der Waals surface area contributed by atoms with Crippen molar-refractivity contribution >= 4 is 22.8 Å². The average Bonchev–Trinajstić information content (AvgIpc) is 3.43. The number of hydrogen-bond acceptors (Lipinski definition) is 4. The number of halogens is 4. The minimum atomic E-state index is -0.876. The molecule has 0 saturated carbocycles. The molecule has 1 aliphatic heterocycles. The molecule has 3 heterocycles. The summed E-state index contributed by atoms with van der Waals surface area (Å²) in [6.45, 7) is 2.37. The molecule has 1 unspecified atom stereocenters. The summed E-state index contributed by atoms with van der Waals surface area (Å²) in [6.07, 6.45) is 3.15. The van der Waals surface area contributed by atoms with Gasteiger partial charge in [0.05, 0.1) is 16.8 Å². The lowest BCUT2D eigenvalue weighted by atomic mass is 10.1. The van der Waals surface area contributed by atoms with E-state index in [0.717, 1.165) is 25.6 Å². The highest BCUT2D eigenvalue weighted by molar-refractivity contribution is 6.33. The molecule has 0 spiro atoms. The summed E-state index contributed by atoms with van der Waals surface area (Å²) < 4.78 is 44.2. The monoisotopic (exact) mass is 471 g/mol. The summed E-state index contributed by atoms with van der Waals surface area (Å²) in [6, 6.07) is 8.66. The molecule has 170 valence electrons. The summed E-state index contributed by atoms with van der Waals surface area (Å²) in [4.78, 5) is 13.6. The molecule has 1 atom stereocenters. The van der Waals surface area contributed by atoms with E-state index in [2.05, 4.69) is 20.3 Å². The molecule has 0 amide bonds. The maximum absolute atomic E-state index is 14.8. The normalized spacial score (nSPS) is 16.1. The Hall–Kier alpha value is -2.97. The molecule has 9 heteroatoms. The molecule has 4 aromatic rings. The van der Waals surface area contributed by atoms with Gasteiger partial charge in [0.1, 0.15) is 23.0 Å². The average molecular weight is 472 g/mol. The first-order chi connectivity index (χ1) is 16.0. The maximum Gasteiger partial charge on any atom is 0.164 e. The molecule has 2 aromatic heterocycles. The van der Waals surface area contributed by atoms with Crippen LogP contribution in [0.2, 0.25) is 5.02 Å². The second kappa shape index (κ2) is 9.11. The van der Waals surface area contributed by atoms with Gasteiger partial charge in [-0.25, -0.2) is 28.1 Å². The van der Waals surface area contributed by atoms with Crippen molar-refractivity contribution in [2.75, 3.05) is 13.1 Å². The predicted octanol–water partition coefficient (Wildman–Crippen LogP) is 4.96. The SMILES string of the molecule is Fc1cccc(CCc2ncc3nc(-c4c(F)cccc4Cl)n(CC4CCNC4)c3n2)c1F. The van der Waals surface area contributed by atoms with Crippen molar-refractivity contribution in [3.8, 4) is 11.4 Å². The van der Waals surface area contributed by atoms with E-state index in [9.17, 15) is 13.2 Å². The van der Waals surface area contributed by atoms with Crippen molar-refractivity contribution in [2.24, 2.45) is 5.92 Å². The third kappa shape index (κ3) is 4.32. The largest absolute Gasteiger partial charge is 0.316 e. The minimum Gasteiger partial charge on any atom is -0.316 e. The Morgan fingerprint density at radius 3 is 2.64 bits per heavy atom. The number of aromatic nitrogens is 4. The van der Waals surface area contributed by atoms with E-state index in [1.54, 1.807) is 24.4 Å². The molecule has 2 aromatic carbocycles. The van der Waals surface area contributed by atoms with Crippen molar-refractivity contribution in [2.45, 2.75) is 25.8 Å². The fourth-order valence-corrected chi connectivity index (χ4v) is 4.51. The lowest BCUT2D eigenvalue weighted by molar-refractivity contribution is 0.489. The standard InChI is InChI=1S/C24H21ClF3N5/c25-16-4-2-5-17(26)21(16)24-31-19-12-30-20(8-7-15-3-1-6-18(27)22(15)28)32-23(19)33(24)13-14-9-10-29-11-14/h1-6,12,14,29H,7-11,13H2. The molecule has 1 N–H and O–H groups in total. The zero-order chi connectivity index (χ0) is 22.9. The van der Waals surface area contributed by atoms with E-state index >= 15 is 0 Å². The quantitative estimate of drug-likeness (QED) is 0.432. The van der Waals surface area contributed by atoms with Gasteiger partial charge in [-0.05, 0) is 55.6 Å². The van der Waals surface area contributed by atoms with Crippen molar-refractivity contribution < 1.29 is 13.2 Å². The third-order valence-corrected chi connectivity index (χ3v) is 6.29. The Balaban J connectivity index is 1.55. The summed E-state index contributed by atoms with van der Waals surface area (Å²) in [5.41, 5.74) is 1.59. The Labute approximate surface area is 193 Å². The van der Waals surface area contributed by atoms with E-state index in [-0.39, 0.29) is 22.6 Å². The van der Waals surface area contributed by atoms with Gasteiger partial charge in [0, 0.05) is 13.0 Å². The Morgan fingerprint density at radius 2 is 1.85 bits per heavy atom. The van der Waals surface area contributed by atoms with Crippen LogP contribution in [0.25, 0.3) is 22.6 Å². The number of rotatable bonds is 6. The Kier molecular flexibility index (Phi) is 6.03. The number of nitrogens with zero attached hydrogens (tertiary/aromatic N) is 4. The Bertz CT molecular complexity index is 1300. The molecule has 1 saturated heterocycles. The van der Waals surface area contributed by atoms with Crippen LogP contribution in [0.3, 0.4) is 0 Å². The van der Waals surface area contributed by atoms with Gasteiger partial charge in [-0.15, -0.1) is 0 Å². The number of nitrogens with one attached hydrogen (secondary N) is 1. The lowest BCUT2D eigenvalue weighted by Gasteiger charge is -2.14. The van der Waals surface area contributed by atoms with Crippen LogP contribution in [0.4, 0.5) is 13.2 Å². The van der Waals surface area contributed by atoms with Gasteiger partial charge in [0.25, 0.3) is 0 Å². The lowest BCUT2D eigenvalue weighted by Crippen LogP contribution is -2.16. The van der Waals surface area contributed by atoms with Crippen LogP contribution in [0.5, 0.6) is 0 Å². The van der Waals surface area contributed by atoms with Crippen LogP contribution in [-0.2, 0) is 19.4 Å². The molecular formula is C24H21ClF3N5. The number of fused-ring (bicyclic) bond motifs is 1. The topological polar surface area (TPSA) is 55.6 Å². The molecule has 0 aliphatic carbocycles. The Morgan fingerprint density at radius 1 is 1.03 bits per heavy atom.